The van der Waals surface area contributed by atoms with E-state index in [2.05, 4.69) is 22.2 Å². The van der Waals surface area contributed by atoms with Gasteiger partial charge in [-0.05, 0) is 18.4 Å². The van der Waals surface area contributed by atoms with E-state index >= 15 is 0 Å². The molecule has 0 aliphatic heterocycles. The summed E-state index contributed by atoms with van der Waals surface area (Å²) in [6.07, 6.45) is 6.96. The van der Waals surface area contributed by atoms with Gasteiger partial charge in [-0.15, -0.1) is 0 Å². The second-order valence-corrected chi connectivity index (χ2v) is 4.24. The molecule has 0 amide bonds. The number of nitrogens with one attached hydrogen (secondary N) is 1. The lowest BCUT2D eigenvalue weighted by Crippen LogP contribution is -2.18. The monoisotopic (exact) mass is 202 g/mol. The SMILES string of the molecule is CC1CC1NCc1cnc2ncccn12. The molecule has 3 rings (SSSR count). The molecule has 0 saturated heterocycles. The Kier molecular flexibility index (Phi) is 1.95. The van der Waals surface area contributed by atoms with Gasteiger partial charge in [-0.3, -0.25) is 4.40 Å². The summed E-state index contributed by atoms with van der Waals surface area (Å²) in [5.41, 5.74) is 1.18. The highest BCUT2D eigenvalue weighted by atomic mass is 15.1. The van der Waals surface area contributed by atoms with Crippen molar-refractivity contribution >= 4 is 5.78 Å². The van der Waals surface area contributed by atoms with Crippen LogP contribution in [0, 0.1) is 5.92 Å². The molecule has 0 aromatic carbocycles. The Balaban J connectivity index is 1.79. The van der Waals surface area contributed by atoms with Crippen molar-refractivity contribution in [3.8, 4) is 0 Å². The van der Waals surface area contributed by atoms with Crippen molar-refractivity contribution in [2.45, 2.75) is 25.9 Å². The molecule has 2 unspecified atom stereocenters. The highest BCUT2D eigenvalue weighted by Gasteiger charge is 2.31. The van der Waals surface area contributed by atoms with Crippen molar-refractivity contribution in [2.75, 3.05) is 0 Å². The fraction of sp³-hybridized carbons (Fsp3) is 0.455. The topological polar surface area (TPSA) is 42.2 Å². The van der Waals surface area contributed by atoms with Crippen molar-refractivity contribution in [2.24, 2.45) is 5.92 Å². The van der Waals surface area contributed by atoms with E-state index in [0.29, 0.717) is 6.04 Å². The van der Waals surface area contributed by atoms with E-state index in [9.17, 15) is 0 Å². The van der Waals surface area contributed by atoms with Crippen LogP contribution in [0.3, 0.4) is 0 Å². The normalized spacial score (nSPS) is 24.6. The third kappa shape index (κ3) is 1.61. The number of fused-ring (bicyclic) bond motifs is 1. The summed E-state index contributed by atoms with van der Waals surface area (Å²) in [6, 6.07) is 2.63. The maximum atomic E-state index is 4.25. The Bertz CT molecular complexity index is 476. The number of aromatic nitrogens is 3. The van der Waals surface area contributed by atoms with E-state index in [-0.39, 0.29) is 0 Å². The van der Waals surface area contributed by atoms with Gasteiger partial charge in [0, 0.05) is 25.0 Å². The smallest absolute Gasteiger partial charge is 0.233 e. The van der Waals surface area contributed by atoms with Crippen LogP contribution < -0.4 is 5.32 Å². The highest BCUT2D eigenvalue weighted by Crippen LogP contribution is 2.29. The molecular weight excluding hydrogens is 188 g/mol. The fourth-order valence-electron chi connectivity index (χ4n) is 1.85. The first kappa shape index (κ1) is 8.85. The largest absolute Gasteiger partial charge is 0.308 e. The van der Waals surface area contributed by atoms with Crippen LogP contribution in [0.4, 0.5) is 0 Å². The van der Waals surface area contributed by atoms with Crippen LogP contribution in [0.15, 0.2) is 24.7 Å². The van der Waals surface area contributed by atoms with E-state index in [1.165, 1.54) is 12.1 Å². The van der Waals surface area contributed by atoms with E-state index < -0.39 is 0 Å². The minimum absolute atomic E-state index is 0.701. The van der Waals surface area contributed by atoms with Gasteiger partial charge in [-0.2, -0.15) is 0 Å². The van der Waals surface area contributed by atoms with Crippen LogP contribution in [-0.2, 0) is 6.54 Å². The molecule has 78 valence electrons. The Morgan fingerprint density at radius 1 is 1.53 bits per heavy atom. The number of nitrogens with zero attached hydrogens (tertiary/aromatic N) is 3. The first-order valence-corrected chi connectivity index (χ1v) is 5.35. The zero-order valence-corrected chi connectivity index (χ0v) is 8.72. The average molecular weight is 202 g/mol. The maximum absolute atomic E-state index is 4.25. The third-order valence-corrected chi connectivity index (χ3v) is 3.02. The minimum atomic E-state index is 0.701. The predicted octanol–water partition coefficient (Wildman–Crippen LogP) is 1.23. The Hall–Kier alpha value is -1.42. The molecule has 2 atom stereocenters. The number of imidazole rings is 1. The first-order chi connectivity index (χ1) is 7.34. The molecule has 2 heterocycles. The summed E-state index contributed by atoms with van der Waals surface area (Å²) >= 11 is 0. The van der Waals surface area contributed by atoms with Gasteiger partial charge in [0.2, 0.25) is 5.78 Å². The zero-order valence-electron chi connectivity index (χ0n) is 8.72. The fourth-order valence-corrected chi connectivity index (χ4v) is 1.85. The van der Waals surface area contributed by atoms with Crippen molar-refractivity contribution in [3.05, 3.63) is 30.4 Å². The van der Waals surface area contributed by atoms with Crippen LogP contribution in [0.25, 0.3) is 5.78 Å². The molecule has 1 aliphatic rings. The first-order valence-electron chi connectivity index (χ1n) is 5.35. The van der Waals surface area contributed by atoms with Gasteiger partial charge in [0.15, 0.2) is 0 Å². The Morgan fingerprint density at radius 2 is 2.40 bits per heavy atom. The highest BCUT2D eigenvalue weighted by molar-refractivity contribution is 5.30. The van der Waals surface area contributed by atoms with Gasteiger partial charge in [0.25, 0.3) is 0 Å². The standard InChI is InChI=1S/C11H14N4/c1-8-5-10(8)13-6-9-7-14-11-12-3-2-4-15(9)11/h2-4,7-8,10,13H,5-6H2,1H3. The second-order valence-electron chi connectivity index (χ2n) is 4.24. The van der Waals surface area contributed by atoms with Crippen LogP contribution in [0.2, 0.25) is 0 Å². The molecule has 1 fully saturated rings. The van der Waals surface area contributed by atoms with Gasteiger partial charge in [0.05, 0.1) is 11.9 Å². The Morgan fingerprint density at radius 3 is 3.20 bits per heavy atom. The summed E-state index contributed by atoms with van der Waals surface area (Å²) in [4.78, 5) is 8.43. The molecule has 1 N–H and O–H groups in total. The van der Waals surface area contributed by atoms with Crippen LogP contribution in [0.1, 0.15) is 19.0 Å². The van der Waals surface area contributed by atoms with E-state index in [4.69, 9.17) is 0 Å². The lowest BCUT2D eigenvalue weighted by molar-refractivity contribution is 0.639. The van der Waals surface area contributed by atoms with Gasteiger partial charge in [0.1, 0.15) is 0 Å². The lowest BCUT2D eigenvalue weighted by Gasteiger charge is -2.02. The summed E-state index contributed by atoms with van der Waals surface area (Å²) in [6.45, 7) is 3.15. The van der Waals surface area contributed by atoms with Crippen molar-refractivity contribution < 1.29 is 0 Å². The molecule has 0 radical (unpaired) electrons. The predicted molar refractivity (Wildman–Crippen MR) is 57.4 cm³/mol. The summed E-state index contributed by atoms with van der Waals surface area (Å²) < 4.78 is 2.03. The van der Waals surface area contributed by atoms with Crippen molar-refractivity contribution in [3.63, 3.8) is 0 Å². The van der Waals surface area contributed by atoms with Gasteiger partial charge in [-0.1, -0.05) is 6.92 Å². The van der Waals surface area contributed by atoms with Crippen LogP contribution >= 0.6 is 0 Å². The van der Waals surface area contributed by atoms with Crippen molar-refractivity contribution in [1.29, 1.82) is 0 Å². The van der Waals surface area contributed by atoms with Gasteiger partial charge < -0.3 is 5.32 Å². The molecule has 4 nitrogen and oxygen atoms in total. The molecule has 15 heavy (non-hydrogen) atoms. The van der Waals surface area contributed by atoms with E-state index in [1.54, 1.807) is 6.20 Å². The minimum Gasteiger partial charge on any atom is -0.308 e. The zero-order chi connectivity index (χ0) is 10.3. The van der Waals surface area contributed by atoms with Gasteiger partial charge in [-0.25, -0.2) is 9.97 Å². The van der Waals surface area contributed by atoms with Crippen LogP contribution in [-0.4, -0.2) is 20.4 Å². The molecular formula is C11H14N4. The molecule has 0 spiro atoms. The van der Waals surface area contributed by atoms with E-state index in [0.717, 1.165) is 18.2 Å². The summed E-state index contributed by atoms with van der Waals surface area (Å²) in [5.74, 6) is 1.61. The maximum Gasteiger partial charge on any atom is 0.233 e. The average Bonchev–Trinajstić information content (AvgIpc) is 2.81. The Labute approximate surface area is 88.4 Å². The molecule has 4 heteroatoms. The lowest BCUT2D eigenvalue weighted by atomic mass is 10.4. The summed E-state index contributed by atoms with van der Waals surface area (Å²) in [7, 11) is 0. The van der Waals surface area contributed by atoms with Gasteiger partial charge >= 0.3 is 0 Å². The number of hydrogen-bond acceptors (Lipinski definition) is 3. The molecule has 1 saturated carbocycles. The second kappa shape index (κ2) is 3.31. The molecule has 2 aromatic rings. The number of hydrogen-bond donors (Lipinski definition) is 1. The van der Waals surface area contributed by atoms with E-state index in [1.807, 2.05) is 22.9 Å². The molecule has 0 bridgehead atoms. The molecule has 1 aliphatic carbocycles. The summed E-state index contributed by atoms with van der Waals surface area (Å²) in [5, 5.41) is 3.51. The van der Waals surface area contributed by atoms with Crippen LogP contribution in [0.5, 0.6) is 0 Å². The third-order valence-electron chi connectivity index (χ3n) is 3.02. The molecule has 2 aromatic heterocycles. The van der Waals surface area contributed by atoms with Crippen molar-refractivity contribution in [1.82, 2.24) is 19.7 Å². The number of rotatable bonds is 3. The quantitative estimate of drug-likeness (QED) is 0.814.